The maximum atomic E-state index is 12.4. The number of amides is 1. The number of carbonyl (C=O) groups is 3. The standard InChI is InChI=1S/C19H17NO7S/c1-13(21)14-5-4-6-15(11-14)27-12-18(22)26-10-9-20-19(23)16-7-2-3-8-17(16)28(20,24)25/h2-8,11H,9-10,12H2,1H3. The number of fused-ring (bicyclic) bond motifs is 1. The second-order valence-corrected chi connectivity index (χ2v) is 7.80. The Morgan fingerprint density at radius 2 is 1.82 bits per heavy atom. The minimum atomic E-state index is -3.93. The van der Waals surface area contributed by atoms with Crippen LogP contribution >= 0.6 is 0 Å². The summed E-state index contributed by atoms with van der Waals surface area (Å²) in [5.41, 5.74) is 0.547. The molecule has 0 aliphatic carbocycles. The van der Waals surface area contributed by atoms with E-state index in [4.69, 9.17) is 9.47 Å². The summed E-state index contributed by atoms with van der Waals surface area (Å²) < 4.78 is 35.7. The molecule has 2 aromatic rings. The summed E-state index contributed by atoms with van der Waals surface area (Å²) in [5, 5.41) is 0. The first-order valence-corrected chi connectivity index (χ1v) is 9.80. The van der Waals surface area contributed by atoms with Crippen molar-refractivity contribution in [3.05, 3.63) is 59.7 Å². The van der Waals surface area contributed by atoms with E-state index in [2.05, 4.69) is 0 Å². The van der Waals surface area contributed by atoms with Crippen molar-refractivity contribution in [2.24, 2.45) is 0 Å². The molecule has 2 aromatic carbocycles. The monoisotopic (exact) mass is 403 g/mol. The predicted molar refractivity (Wildman–Crippen MR) is 97.6 cm³/mol. The molecule has 0 fully saturated rings. The fourth-order valence-corrected chi connectivity index (χ4v) is 4.24. The smallest absolute Gasteiger partial charge is 0.344 e. The van der Waals surface area contributed by atoms with E-state index in [1.807, 2.05) is 0 Å². The summed E-state index contributed by atoms with van der Waals surface area (Å²) >= 11 is 0. The van der Waals surface area contributed by atoms with Crippen molar-refractivity contribution >= 4 is 27.7 Å². The van der Waals surface area contributed by atoms with Gasteiger partial charge >= 0.3 is 5.97 Å². The lowest BCUT2D eigenvalue weighted by atomic mass is 10.1. The van der Waals surface area contributed by atoms with Crippen molar-refractivity contribution in [3.8, 4) is 5.75 Å². The van der Waals surface area contributed by atoms with Gasteiger partial charge in [0.05, 0.1) is 12.1 Å². The zero-order chi connectivity index (χ0) is 20.3. The Labute approximate surface area is 161 Å². The molecule has 0 saturated heterocycles. The van der Waals surface area contributed by atoms with Gasteiger partial charge in [-0.2, -0.15) is 0 Å². The number of carbonyl (C=O) groups excluding carboxylic acids is 3. The molecule has 9 heteroatoms. The van der Waals surface area contributed by atoms with Crippen LogP contribution in [-0.2, 0) is 19.6 Å². The van der Waals surface area contributed by atoms with E-state index in [1.165, 1.54) is 31.2 Å². The number of ketones is 1. The average molecular weight is 403 g/mol. The quantitative estimate of drug-likeness (QED) is 0.511. The normalized spacial score (nSPS) is 14.5. The van der Waals surface area contributed by atoms with Gasteiger partial charge in [-0.25, -0.2) is 17.5 Å². The summed E-state index contributed by atoms with van der Waals surface area (Å²) in [6, 6.07) is 12.2. The van der Waals surface area contributed by atoms with Crippen LogP contribution in [0.1, 0.15) is 27.6 Å². The molecule has 1 heterocycles. The largest absolute Gasteiger partial charge is 0.482 e. The first-order valence-electron chi connectivity index (χ1n) is 8.36. The Bertz CT molecular complexity index is 1050. The Morgan fingerprint density at radius 1 is 1.07 bits per heavy atom. The van der Waals surface area contributed by atoms with Crippen LogP contribution in [0.4, 0.5) is 0 Å². The summed E-state index contributed by atoms with van der Waals surface area (Å²) in [4.78, 5) is 35.3. The van der Waals surface area contributed by atoms with Gasteiger partial charge in [-0.15, -0.1) is 0 Å². The molecule has 0 spiro atoms. The molecule has 3 rings (SSSR count). The first kappa shape index (κ1) is 19.6. The van der Waals surface area contributed by atoms with Gasteiger partial charge in [0.2, 0.25) is 0 Å². The molecule has 0 unspecified atom stereocenters. The van der Waals surface area contributed by atoms with Gasteiger partial charge < -0.3 is 9.47 Å². The van der Waals surface area contributed by atoms with Crippen molar-refractivity contribution in [2.75, 3.05) is 19.8 Å². The van der Waals surface area contributed by atoms with Crippen LogP contribution in [0.15, 0.2) is 53.4 Å². The Balaban J connectivity index is 1.52. The van der Waals surface area contributed by atoms with Crippen LogP contribution in [0.25, 0.3) is 0 Å². The second kappa shape index (κ2) is 7.81. The fraction of sp³-hybridized carbons (Fsp3) is 0.211. The van der Waals surface area contributed by atoms with Crippen molar-refractivity contribution in [1.82, 2.24) is 4.31 Å². The Hall–Kier alpha value is -3.20. The Kier molecular flexibility index (Phi) is 5.46. The highest BCUT2D eigenvalue weighted by molar-refractivity contribution is 7.90. The summed E-state index contributed by atoms with van der Waals surface area (Å²) in [5.74, 6) is -1.18. The highest BCUT2D eigenvalue weighted by atomic mass is 32.2. The maximum absolute atomic E-state index is 12.4. The molecule has 8 nitrogen and oxygen atoms in total. The lowest BCUT2D eigenvalue weighted by molar-refractivity contribution is -0.146. The van der Waals surface area contributed by atoms with Crippen LogP contribution in [-0.4, -0.2) is 50.1 Å². The van der Waals surface area contributed by atoms with Gasteiger partial charge in [-0.1, -0.05) is 24.3 Å². The van der Waals surface area contributed by atoms with E-state index in [0.717, 1.165) is 0 Å². The number of hydrogen-bond donors (Lipinski definition) is 0. The minimum Gasteiger partial charge on any atom is -0.482 e. The third-order valence-corrected chi connectivity index (χ3v) is 5.91. The highest BCUT2D eigenvalue weighted by Gasteiger charge is 2.40. The van der Waals surface area contributed by atoms with Crippen LogP contribution in [0.2, 0.25) is 0 Å². The first-order chi connectivity index (χ1) is 13.3. The van der Waals surface area contributed by atoms with E-state index in [0.29, 0.717) is 15.6 Å². The number of rotatable bonds is 7. The van der Waals surface area contributed by atoms with Crippen LogP contribution in [0.5, 0.6) is 5.75 Å². The molecule has 1 aliphatic heterocycles. The topological polar surface area (TPSA) is 107 Å². The third kappa shape index (κ3) is 3.89. The summed E-state index contributed by atoms with van der Waals surface area (Å²) in [6.45, 7) is 0.414. The molecule has 0 saturated carbocycles. The lowest BCUT2D eigenvalue weighted by Crippen LogP contribution is -2.34. The molecule has 1 amide bonds. The molecule has 0 N–H and O–H groups in total. The summed E-state index contributed by atoms with van der Waals surface area (Å²) in [6.07, 6.45) is 0. The second-order valence-electron chi connectivity index (χ2n) is 5.97. The molecule has 0 radical (unpaired) electrons. The Morgan fingerprint density at radius 3 is 2.54 bits per heavy atom. The molecule has 146 valence electrons. The van der Waals surface area contributed by atoms with Gasteiger partial charge in [0, 0.05) is 5.56 Å². The van der Waals surface area contributed by atoms with Gasteiger partial charge in [-0.3, -0.25) is 9.59 Å². The summed E-state index contributed by atoms with van der Waals surface area (Å²) in [7, 11) is -3.93. The zero-order valence-corrected chi connectivity index (χ0v) is 15.8. The van der Waals surface area contributed by atoms with Gasteiger partial charge in [0.25, 0.3) is 15.9 Å². The molecule has 0 aromatic heterocycles. The van der Waals surface area contributed by atoms with E-state index >= 15 is 0 Å². The number of hydrogen-bond acceptors (Lipinski definition) is 7. The van der Waals surface area contributed by atoms with Crippen molar-refractivity contribution < 1.29 is 32.3 Å². The SMILES string of the molecule is CC(=O)c1cccc(OCC(=O)OCCN2C(=O)c3ccccc3S2(=O)=O)c1. The van der Waals surface area contributed by atoms with Crippen molar-refractivity contribution in [1.29, 1.82) is 0 Å². The molecular formula is C19H17NO7S. The molecule has 0 atom stereocenters. The minimum absolute atomic E-state index is 0.0555. The van der Waals surface area contributed by atoms with E-state index in [9.17, 15) is 22.8 Å². The third-order valence-electron chi connectivity index (χ3n) is 4.07. The number of benzene rings is 2. The maximum Gasteiger partial charge on any atom is 0.344 e. The molecule has 1 aliphatic rings. The number of ether oxygens (including phenoxy) is 2. The lowest BCUT2D eigenvalue weighted by Gasteiger charge is -2.15. The predicted octanol–water partition coefficient (Wildman–Crippen LogP) is 1.66. The van der Waals surface area contributed by atoms with E-state index < -0.39 is 28.5 Å². The van der Waals surface area contributed by atoms with E-state index in [1.54, 1.807) is 24.3 Å². The fourth-order valence-electron chi connectivity index (χ4n) is 2.68. The van der Waals surface area contributed by atoms with Crippen LogP contribution in [0, 0.1) is 0 Å². The van der Waals surface area contributed by atoms with Crippen LogP contribution in [0.3, 0.4) is 0 Å². The molecular weight excluding hydrogens is 386 g/mol. The zero-order valence-electron chi connectivity index (χ0n) is 15.0. The van der Waals surface area contributed by atoms with Crippen LogP contribution < -0.4 is 4.74 Å². The van der Waals surface area contributed by atoms with Gasteiger partial charge in [0.1, 0.15) is 17.3 Å². The number of esters is 1. The number of Topliss-reactive ketones (excluding diaryl/α,β-unsaturated/α-hetero) is 1. The van der Waals surface area contributed by atoms with E-state index in [-0.39, 0.29) is 29.4 Å². The van der Waals surface area contributed by atoms with Gasteiger partial charge in [0.15, 0.2) is 12.4 Å². The average Bonchev–Trinajstić information content (AvgIpc) is 2.87. The van der Waals surface area contributed by atoms with Gasteiger partial charge in [-0.05, 0) is 31.2 Å². The van der Waals surface area contributed by atoms with Crippen molar-refractivity contribution in [2.45, 2.75) is 11.8 Å². The number of sulfonamides is 1. The molecule has 0 bridgehead atoms. The van der Waals surface area contributed by atoms with Crippen molar-refractivity contribution in [3.63, 3.8) is 0 Å². The molecule has 28 heavy (non-hydrogen) atoms. The number of nitrogens with zero attached hydrogens (tertiary/aromatic N) is 1. The highest BCUT2D eigenvalue weighted by Crippen LogP contribution is 2.29.